The van der Waals surface area contributed by atoms with Crippen LogP contribution in [0.5, 0.6) is 17.2 Å². The van der Waals surface area contributed by atoms with Crippen molar-refractivity contribution in [3.8, 4) is 17.2 Å². The summed E-state index contributed by atoms with van der Waals surface area (Å²) in [7, 11) is 1.55. The number of unbranched alkanes of at least 4 members (excludes halogenated alkanes) is 2. The summed E-state index contributed by atoms with van der Waals surface area (Å²) >= 11 is 0. The number of hydrogen-bond acceptors (Lipinski definition) is 7. The summed E-state index contributed by atoms with van der Waals surface area (Å²) in [6.45, 7) is 5.37. The second-order valence-electron chi connectivity index (χ2n) is 9.62. The highest BCUT2D eigenvalue weighted by atomic mass is 16.5. The number of aromatic nitrogens is 1. The van der Waals surface area contributed by atoms with Gasteiger partial charge in [0.05, 0.1) is 31.9 Å². The number of carbonyl (C=O) groups excluding carboxylic acids is 2. The molecule has 0 aliphatic carbocycles. The first-order chi connectivity index (χ1) is 19.5. The van der Waals surface area contributed by atoms with E-state index in [9.17, 15) is 14.7 Å². The van der Waals surface area contributed by atoms with Crippen LogP contribution in [-0.4, -0.2) is 47.0 Å². The largest absolute Gasteiger partial charge is 0.507 e. The molecule has 2 heterocycles. The number of pyridine rings is 1. The Morgan fingerprint density at radius 2 is 1.73 bits per heavy atom. The monoisotopic (exact) mass is 544 g/mol. The molecule has 1 N–H and O–H groups in total. The Labute approximate surface area is 235 Å². The second-order valence-corrected chi connectivity index (χ2v) is 9.62. The van der Waals surface area contributed by atoms with Gasteiger partial charge < -0.3 is 24.2 Å². The summed E-state index contributed by atoms with van der Waals surface area (Å²) in [5.74, 6) is -0.0790. The van der Waals surface area contributed by atoms with E-state index in [1.54, 1.807) is 68.0 Å². The lowest BCUT2D eigenvalue weighted by molar-refractivity contribution is -0.140. The molecular formula is C32H36N2O6. The van der Waals surface area contributed by atoms with Crippen LogP contribution in [0.3, 0.4) is 0 Å². The van der Waals surface area contributed by atoms with Crippen LogP contribution < -0.4 is 14.2 Å². The highest BCUT2D eigenvalue weighted by molar-refractivity contribution is 6.46. The van der Waals surface area contributed by atoms with E-state index in [0.29, 0.717) is 41.6 Å². The van der Waals surface area contributed by atoms with Gasteiger partial charge in [0, 0.05) is 24.5 Å². The van der Waals surface area contributed by atoms with Crippen LogP contribution in [0.15, 0.2) is 72.6 Å². The molecule has 2 aromatic carbocycles. The number of ether oxygens (including phenoxy) is 3. The van der Waals surface area contributed by atoms with Crippen molar-refractivity contribution in [2.24, 2.45) is 0 Å². The molecule has 1 aliphatic heterocycles. The first-order valence-corrected chi connectivity index (χ1v) is 13.7. The first-order valence-electron chi connectivity index (χ1n) is 13.7. The number of rotatable bonds is 13. The van der Waals surface area contributed by atoms with Crippen LogP contribution in [0.4, 0.5) is 0 Å². The van der Waals surface area contributed by atoms with Crippen LogP contribution in [-0.2, 0) is 16.1 Å². The molecular weight excluding hydrogens is 508 g/mol. The number of carbonyl (C=O) groups is 2. The molecule has 210 valence electrons. The summed E-state index contributed by atoms with van der Waals surface area (Å²) in [6.07, 6.45) is 7.18. The van der Waals surface area contributed by atoms with Gasteiger partial charge in [-0.05, 0) is 60.4 Å². The van der Waals surface area contributed by atoms with Crippen molar-refractivity contribution >= 4 is 17.4 Å². The van der Waals surface area contributed by atoms with Crippen LogP contribution in [0, 0.1) is 0 Å². The molecule has 1 unspecified atom stereocenters. The molecule has 1 atom stereocenters. The van der Waals surface area contributed by atoms with Gasteiger partial charge >= 0.3 is 0 Å². The maximum atomic E-state index is 13.5. The number of aliphatic hydroxyl groups is 1. The minimum atomic E-state index is -0.851. The van der Waals surface area contributed by atoms with E-state index < -0.39 is 17.7 Å². The summed E-state index contributed by atoms with van der Waals surface area (Å²) in [6, 6.07) is 15.0. The number of likely N-dealkylation sites (tertiary alicyclic amines) is 1. The van der Waals surface area contributed by atoms with Gasteiger partial charge in [0.25, 0.3) is 11.7 Å². The smallest absolute Gasteiger partial charge is 0.295 e. The van der Waals surface area contributed by atoms with Crippen LogP contribution in [0.25, 0.3) is 5.76 Å². The lowest BCUT2D eigenvalue weighted by Crippen LogP contribution is -2.29. The van der Waals surface area contributed by atoms with Gasteiger partial charge in [-0.2, -0.15) is 0 Å². The molecule has 1 amide bonds. The van der Waals surface area contributed by atoms with E-state index in [4.69, 9.17) is 14.2 Å². The molecule has 1 saturated heterocycles. The zero-order valence-corrected chi connectivity index (χ0v) is 23.3. The van der Waals surface area contributed by atoms with Crippen molar-refractivity contribution in [3.63, 3.8) is 0 Å². The fraction of sp³-hybridized carbons (Fsp3) is 0.344. The van der Waals surface area contributed by atoms with E-state index in [2.05, 4.69) is 11.9 Å². The minimum absolute atomic E-state index is 0.00497. The normalized spacial score (nSPS) is 16.3. The third kappa shape index (κ3) is 6.45. The number of hydrogen-bond donors (Lipinski definition) is 1. The summed E-state index contributed by atoms with van der Waals surface area (Å²) in [5, 5.41) is 11.5. The molecule has 1 aliphatic rings. The number of benzene rings is 2. The zero-order chi connectivity index (χ0) is 28.5. The lowest BCUT2D eigenvalue weighted by atomic mass is 9.94. The number of methoxy groups -OCH3 is 1. The van der Waals surface area contributed by atoms with Crippen molar-refractivity contribution < 1.29 is 28.9 Å². The highest BCUT2D eigenvalue weighted by Crippen LogP contribution is 2.43. The number of nitrogens with zero attached hydrogens (tertiary/aromatic N) is 2. The van der Waals surface area contributed by atoms with Crippen molar-refractivity contribution in [1.82, 2.24) is 9.88 Å². The topological polar surface area (TPSA) is 98.2 Å². The average molecular weight is 545 g/mol. The predicted octanol–water partition coefficient (Wildman–Crippen LogP) is 6.07. The quantitative estimate of drug-likeness (QED) is 0.121. The van der Waals surface area contributed by atoms with Crippen LogP contribution >= 0.6 is 0 Å². The van der Waals surface area contributed by atoms with E-state index in [0.717, 1.165) is 31.2 Å². The lowest BCUT2D eigenvalue weighted by Gasteiger charge is -2.26. The fourth-order valence-electron chi connectivity index (χ4n) is 4.69. The molecule has 1 aromatic heterocycles. The SMILES string of the molecule is CCCCCOc1ccc(C2C(=C(O)c3cccc(OCCC)c3)C(=O)C(=O)N2Cc2ccncc2)cc1OC. The third-order valence-corrected chi connectivity index (χ3v) is 6.73. The molecule has 8 nitrogen and oxygen atoms in total. The summed E-state index contributed by atoms with van der Waals surface area (Å²) in [4.78, 5) is 32.4. The minimum Gasteiger partial charge on any atom is -0.507 e. The molecule has 8 heteroatoms. The maximum absolute atomic E-state index is 13.5. The number of Topliss-reactive ketones (excluding diaryl/α,β-unsaturated/α-hetero) is 1. The van der Waals surface area contributed by atoms with Crippen LogP contribution in [0.2, 0.25) is 0 Å². The molecule has 1 fully saturated rings. The molecule has 0 radical (unpaired) electrons. The second kappa shape index (κ2) is 13.6. The van der Waals surface area contributed by atoms with Gasteiger partial charge in [0.1, 0.15) is 11.5 Å². The Morgan fingerprint density at radius 3 is 2.45 bits per heavy atom. The molecule has 0 saturated carbocycles. The van der Waals surface area contributed by atoms with Crippen molar-refractivity contribution in [1.29, 1.82) is 0 Å². The van der Waals surface area contributed by atoms with Gasteiger partial charge in [-0.15, -0.1) is 0 Å². The first kappa shape index (κ1) is 28.7. The Kier molecular flexibility index (Phi) is 9.78. The van der Waals surface area contributed by atoms with E-state index in [1.807, 2.05) is 13.0 Å². The van der Waals surface area contributed by atoms with Crippen molar-refractivity contribution in [2.45, 2.75) is 52.1 Å². The Morgan fingerprint density at radius 1 is 0.925 bits per heavy atom. The Hall–Kier alpha value is -4.33. The van der Waals surface area contributed by atoms with E-state index in [1.165, 1.54) is 4.90 Å². The fourth-order valence-corrected chi connectivity index (χ4v) is 4.69. The van der Waals surface area contributed by atoms with Gasteiger partial charge in [-0.1, -0.05) is 44.9 Å². The van der Waals surface area contributed by atoms with E-state index in [-0.39, 0.29) is 17.9 Å². The molecule has 40 heavy (non-hydrogen) atoms. The van der Waals surface area contributed by atoms with Crippen molar-refractivity contribution in [2.75, 3.05) is 20.3 Å². The average Bonchev–Trinajstić information content (AvgIpc) is 3.23. The summed E-state index contributed by atoms with van der Waals surface area (Å²) < 4.78 is 17.3. The molecule has 3 aromatic rings. The molecule has 0 bridgehead atoms. The van der Waals surface area contributed by atoms with Gasteiger partial charge in [-0.3, -0.25) is 14.6 Å². The van der Waals surface area contributed by atoms with Gasteiger partial charge in [0.15, 0.2) is 11.5 Å². The summed E-state index contributed by atoms with van der Waals surface area (Å²) in [5.41, 5.74) is 1.82. The maximum Gasteiger partial charge on any atom is 0.295 e. The molecule has 4 rings (SSSR count). The van der Waals surface area contributed by atoms with Crippen molar-refractivity contribution in [3.05, 3.63) is 89.3 Å². The number of amides is 1. The zero-order valence-electron chi connectivity index (χ0n) is 23.3. The number of aliphatic hydroxyl groups excluding tert-OH is 1. The Bertz CT molecular complexity index is 1350. The van der Waals surface area contributed by atoms with E-state index >= 15 is 0 Å². The number of ketones is 1. The third-order valence-electron chi connectivity index (χ3n) is 6.73. The Balaban J connectivity index is 1.79. The van der Waals surface area contributed by atoms with Gasteiger partial charge in [0.2, 0.25) is 0 Å². The van der Waals surface area contributed by atoms with Gasteiger partial charge in [-0.25, -0.2) is 0 Å². The standard InChI is InChI=1S/C32H36N2O6/c1-4-6-7-18-40-26-12-11-23(20-27(26)38-3)29-28(30(35)24-9-8-10-25(19-24)39-17-5-2)31(36)32(37)34(29)21-22-13-15-33-16-14-22/h8-16,19-20,29,35H,4-7,17-18,21H2,1-3H3. The predicted molar refractivity (Wildman–Crippen MR) is 152 cm³/mol. The molecule has 0 spiro atoms. The highest BCUT2D eigenvalue weighted by Gasteiger charge is 2.46. The van der Waals surface area contributed by atoms with Crippen LogP contribution in [0.1, 0.15) is 62.3 Å².